The molecule has 1 aliphatic carbocycles. The lowest BCUT2D eigenvalue weighted by molar-refractivity contribution is -0.384. The van der Waals surface area contributed by atoms with Crippen LogP contribution in [-0.2, 0) is 14.3 Å². The molecule has 0 saturated carbocycles. The van der Waals surface area contributed by atoms with E-state index in [4.69, 9.17) is 9.47 Å². The Morgan fingerprint density at radius 3 is 2.40 bits per heavy atom. The number of ketones is 1. The summed E-state index contributed by atoms with van der Waals surface area (Å²) in [4.78, 5) is 34.7. The van der Waals surface area contributed by atoms with Crippen molar-refractivity contribution >= 4 is 17.4 Å². The Kier molecular flexibility index (Phi) is 5.37. The molecule has 1 aromatic carbocycles. The molecule has 0 fully saturated rings. The van der Waals surface area contributed by atoms with Gasteiger partial charge in [-0.15, -0.1) is 0 Å². The lowest BCUT2D eigenvalue weighted by Crippen LogP contribution is -2.42. The number of carbonyl (C=O) groups excluding carboxylic acids is 2. The Morgan fingerprint density at radius 1 is 1.28 bits per heavy atom. The average Bonchev–Trinajstić information content (AvgIpc) is 2.61. The van der Waals surface area contributed by atoms with Crippen molar-refractivity contribution in [2.24, 2.45) is 5.41 Å². The maximum absolute atomic E-state index is 12.4. The van der Waals surface area contributed by atoms with E-state index in [2.05, 4.69) is 0 Å². The first-order chi connectivity index (χ1) is 11.7. The van der Waals surface area contributed by atoms with Crippen molar-refractivity contribution in [1.82, 2.24) is 0 Å². The Balaban J connectivity index is 2.26. The highest BCUT2D eigenvalue weighted by atomic mass is 16.6. The van der Waals surface area contributed by atoms with Gasteiger partial charge in [0.1, 0.15) is 12.2 Å². The van der Waals surface area contributed by atoms with Gasteiger partial charge in [0.2, 0.25) is 0 Å². The first-order valence-corrected chi connectivity index (χ1v) is 7.85. The average molecular weight is 347 g/mol. The summed E-state index contributed by atoms with van der Waals surface area (Å²) in [6.45, 7) is 5.46. The van der Waals surface area contributed by atoms with Gasteiger partial charge in [-0.25, -0.2) is 4.79 Å². The number of nitro benzene ring substituents is 1. The fraction of sp³-hybridized carbons (Fsp3) is 0.444. The summed E-state index contributed by atoms with van der Waals surface area (Å²) in [5.41, 5.74) is 0.0952. The minimum atomic E-state index is -0.728. The van der Waals surface area contributed by atoms with Crippen LogP contribution in [0.5, 0.6) is 0 Å². The third-order valence-corrected chi connectivity index (χ3v) is 4.35. The van der Waals surface area contributed by atoms with E-state index in [1.165, 1.54) is 31.4 Å². The van der Waals surface area contributed by atoms with Crippen LogP contribution in [0.3, 0.4) is 0 Å². The molecule has 0 saturated heterocycles. The molecule has 2 unspecified atom stereocenters. The van der Waals surface area contributed by atoms with E-state index in [-0.39, 0.29) is 17.0 Å². The summed E-state index contributed by atoms with van der Waals surface area (Å²) in [6.07, 6.45) is 0.679. The molecule has 25 heavy (non-hydrogen) atoms. The number of rotatable bonds is 4. The predicted octanol–water partition coefficient (Wildman–Crippen LogP) is 3.08. The second kappa shape index (κ2) is 7.14. The van der Waals surface area contributed by atoms with Gasteiger partial charge in [-0.2, -0.15) is 0 Å². The summed E-state index contributed by atoms with van der Waals surface area (Å²) >= 11 is 0. The van der Waals surface area contributed by atoms with Gasteiger partial charge in [-0.05, 0) is 30.7 Å². The summed E-state index contributed by atoms with van der Waals surface area (Å²) in [6, 6.07) is 5.16. The van der Waals surface area contributed by atoms with E-state index < -0.39 is 28.5 Å². The lowest BCUT2D eigenvalue weighted by atomic mass is 9.80. The minimum Gasteiger partial charge on any atom is -0.452 e. The van der Waals surface area contributed by atoms with Crippen LogP contribution in [0.4, 0.5) is 5.69 Å². The maximum atomic E-state index is 12.4. The van der Waals surface area contributed by atoms with Gasteiger partial charge < -0.3 is 9.47 Å². The third-order valence-electron chi connectivity index (χ3n) is 4.35. The smallest absolute Gasteiger partial charge is 0.338 e. The van der Waals surface area contributed by atoms with Crippen molar-refractivity contribution in [3.8, 4) is 0 Å². The van der Waals surface area contributed by atoms with Gasteiger partial charge in [0.25, 0.3) is 5.69 Å². The molecule has 0 amide bonds. The number of Topliss-reactive ketones (excluding diaryl/α,β-unsaturated/α-hetero) is 1. The Labute approximate surface area is 145 Å². The van der Waals surface area contributed by atoms with Crippen LogP contribution in [0.1, 0.15) is 37.6 Å². The van der Waals surface area contributed by atoms with Crippen LogP contribution < -0.4 is 0 Å². The normalized spacial score (nSPS) is 22.7. The number of benzene rings is 1. The SMILES string of the molecule is COC1C(OC(=O)c2ccc([N+](=O)[O-])cc2)C=C(C)C(=O)CC1(C)C. The Hall–Kier alpha value is -2.54. The Bertz CT molecular complexity index is 720. The van der Waals surface area contributed by atoms with Crippen molar-refractivity contribution in [3.63, 3.8) is 0 Å². The molecule has 7 heteroatoms. The maximum Gasteiger partial charge on any atom is 0.338 e. The number of nitrogens with zero attached hydrogens (tertiary/aromatic N) is 1. The van der Waals surface area contributed by atoms with Crippen LogP contribution in [-0.4, -0.2) is 36.0 Å². The van der Waals surface area contributed by atoms with Crippen molar-refractivity contribution in [2.45, 2.75) is 39.4 Å². The van der Waals surface area contributed by atoms with Gasteiger partial charge in [-0.1, -0.05) is 13.8 Å². The first kappa shape index (κ1) is 18.8. The largest absolute Gasteiger partial charge is 0.452 e. The second-order valence-electron chi connectivity index (χ2n) is 6.77. The van der Waals surface area contributed by atoms with Gasteiger partial charge in [-0.3, -0.25) is 14.9 Å². The number of esters is 1. The van der Waals surface area contributed by atoms with Crippen LogP contribution in [0.2, 0.25) is 0 Å². The van der Waals surface area contributed by atoms with Crippen molar-refractivity contribution in [3.05, 3.63) is 51.6 Å². The summed E-state index contributed by atoms with van der Waals surface area (Å²) in [7, 11) is 1.51. The van der Waals surface area contributed by atoms with Gasteiger partial charge in [0, 0.05) is 31.1 Å². The molecular formula is C18H21NO6. The standard InChI is InChI=1S/C18H21NO6/c1-11-9-15(16(24-4)18(2,3)10-14(11)20)25-17(21)12-5-7-13(8-6-12)19(22)23/h5-9,15-16H,10H2,1-4H3. The number of non-ortho nitro benzene ring substituents is 1. The molecule has 0 bridgehead atoms. The lowest BCUT2D eigenvalue weighted by Gasteiger charge is -2.34. The molecule has 7 nitrogen and oxygen atoms in total. The van der Waals surface area contributed by atoms with Crippen LogP contribution in [0, 0.1) is 15.5 Å². The number of hydrogen-bond acceptors (Lipinski definition) is 6. The van der Waals surface area contributed by atoms with E-state index in [0.29, 0.717) is 12.0 Å². The molecular weight excluding hydrogens is 326 g/mol. The molecule has 1 aromatic rings. The second-order valence-corrected chi connectivity index (χ2v) is 6.77. The van der Waals surface area contributed by atoms with E-state index in [1.807, 2.05) is 13.8 Å². The predicted molar refractivity (Wildman–Crippen MR) is 90.3 cm³/mol. The van der Waals surface area contributed by atoms with E-state index in [0.717, 1.165) is 0 Å². The van der Waals surface area contributed by atoms with Crippen molar-refractivity contribution < 1.29 is 24.0 Å². The number of ether oxygens (including phenoxy) is 2. The first-order valence-electron chi connectivity index (χ1n) is 7.85. The molecule has 0 aromatic heterocycles. The zero-order chi connectivity index (χ0) is 18.8. The highest BCUT2D eigenvalue weighted by Crippen LogP contribution is 2.35. The highest BCUT2D eigenvalue weighted by molar-refractivity contribution is 5.96. The topological polar surface area (TPSA) is 95.7 Å². The molecule has 0 heterocycles. The number of nitro groups is 1. The van der Waals surface area contributed by atoms with Gasteiger partial charge >= 0.3 is 5.97 Å². The molecule has 0 aliphatic heterocycles. The highest BCUT2D eigenvalue weighted by Gasteiger charge is 2.41. The fourth-order valence-corrected chi connectivity index (χ4v) is 2.99. The van der Waals surface area contributed by atoms with Crippen LogP contribution >= 0.6 is 0 Å². The number of hydrogen-bond donors (Lipinski definition) is 0. The number of methoxy groups -OCH3 is 1. The number of carbonyl (C=O) groups is 2. The molecule has 0 spiro atoms. The molecule has 0 radical (unpaired) electrons. The minimum absolute atomic E-state index is 0.0130. The molecule has 2 atom stereocenters. The zero-order valence-corrected chi connectivity index (χ0v) is 14.6. The van der Waals surface area contributed by atoms with Crippen molar-refractivity contribution in [2.75, 3.05) is 7.11 Å². The van der Waals surface area contributed by atoms with Crippen LogP contribution in [0.25, 0.3) is 0 Å². The quantitative estimate of drug-likeness (QED) is 0.472. The summed E-state index contributed by atoms with van der Waals surface area (Å²) in [5, 5.41) is 10.7. The number of allylic oxidation sites excluding steroid dienone is 1. The fourth-order valence-electron chi connectivity index (χ4n) is 2.99. The third kappa shape index (κ3) is 4.11. The molecule has 134 valence electrons. The van der Waals surface area contributed by atoms with E-state index >= 15 is 0 Å². The molecule has 2 rings (SSSR count). The zero-order valence-electron chi connectivity index (χ0n) is 14.6. The van der Waals surface area contributed by atoms with E-state index in [1.54, 1.807) is 13.0 Å². The van der Waals surface area contributed by atoms with Crippen molar-refractivity contribution in [1.29, 1.82) is 0 Å². The molecule has 0 N–H and O–H groups in total. The van der Waals surface area contributed by atoms with Gasteiger partial charge in [0.15, 0.2) is 5.78 Å². The monoisotopic (exact) mass is 347 g/mol. The summed E-state index contributed by atoms with van der Waals surface area (Å²) in [5.74, 6) is -0.642. The van der Waals surface area contributed by atoms with E-state index in [9.17, 15) is 19.7 Å². The van der Waals surface area contributed by atoms with Gasteiger partial charge in [0.05, 0.1) is 10.5 Å². The summed E-state index contributed by atoms with van der Waals surface area (Å²) < 4.78 is 11.1. The Morgan fingerprint density at radius 2 is 1.88 bits per heavy atom. The van der Waals surface area contributed by atoms with Crippen LogP contribution in [0.15, 0.2) is 35.9 Å². The molecule has 1 aliphatic rings.